The lowest BCUT2D eigenvalue weighted by Gasteiger charge is -2.25. The normalized spacial score (nSPS) is 12.4. The van der Waals surface area contributed by atoms with E-state index < -0.39 is 23.6 Å². The van der Waals surface area contributed by atoms with Crippen molar-refractivity contribution in [2.24, 2.45) is 7.05 Å². The van der Waals surface area contributed by atoms with Crippen LogP contribution >= 0.6 is 11.6 Å². The van der Waals surface area contributed by atoms with Crippen molar-refractivity contribution in [3.05, 3.63) is 52.0 Å². The number of hydrogen-bond acceptors (Lipinski definition) is 6. The zero-order valence-electron chi connectivity index (χ0n) is 20.1. The Bertz CT molecular complexity index is 1220. The molecule has 3 aromatic rings. The van der Waals surface area contributed by atoms with Gasteiger partial charge in [-0.1, -0.05) is 28.9 Å². The lowest BCUT2D eigenvalue weighted by Crippen LogP contribution is -2.33. The number of carboxylic acid groups (broad SMARTS) is 1. The van der Waals surface area contributed by atoms with E-state index in [2.05, 4.69) is 10.3 Å². The topological polar surface area (TPSA) is 107 Å². The van der Waals surface area contributed by atoms with Crippen LogP contribution in [-0.4, -0.2) is 56.8 Å². The number of amides is 1. The Morgan fingerprint density at radius 2 is 1.91 bits per heavy atom. The van der Waals surface area contributed by atoms with Gasteiger partial charge in [0.05, 0.1) is 20.1 Å². The molecule has 0 aliphatic heterocycles. The number of benzene rings is 2. The van der Waals surface area contributed by atoms with Crippen molar-refractivity contribution < 1.29 is 24.2 Å². The third-order valence-corrected chi connectivity index (χ3v) is 5.64. The maximum absolute atomic E-state index is 12.4. The molecule has 34 heavy (non-hydrogen) atoms. The van der Waals surface area contributed by atoms with Crippen molar-refractivity contribution >= 4 is 34.7 Å². The number of methoxy groups -OCH3 is 1. The Kier molecular flexibility index (Phi) is 7.35. The molecule has 182 valence electrons. The van der Waals surface area contributed by atoms with Gasteiger partial charge in [0, 0.05) is 25.0 Å². The van der Waals surface area contributed by atoms with Crippen LogP contribution in [-0.2, 0) is 23.1 Å². The highest BCUT2D eigenvalue weighted by molar-refractivity contribution is 6.31. The fraction of sp³-hybridized carbons (Fsp3) is 0.417. The van der Waals surface area contributed by atoms with Crippen molar-refractivity contribution in [1.29, 1.82) is 0 Å². The molecule has 1 unspecified atom stereocenters. The van der Waals surface area contributed by atoms with E-state index in [0.29, 0.717) is 21.9 Å². The van der Waals surface area contributed by atoms with Crippen molar-refractivity contribution in [3.8, 4) is 5.75 Å². The summed E-state index contributed by atoms with van der Waals surface area (Å²) in [5.74, 6) is -0.902. The molecule has 10 heteroatoms. The van der Waals surface area contributed by atoms with Crippen molar-refractivity contribution in [3.63, 3.8) is 0 Å². The summed E-state index contributed by atoms with van der Waals surface area (Å²) in [5, 5.41) is 18.3. The van der Waals surface area contributed by atoms with E-state index in [0.717, 1.165) is 16.6 Å². The van der Waals surface area contributed by atoms with Gasteiger partial charge in [0.15, 0.2) is 0 Å². The summed E-state index contributed by atoms with van der Waals surface area (Å²) in [6.45, 7) is 5.59. The Labute approximate surface area is 203 Å². The molecule has 1 aromatic heterocycles. The second-order valence-electron chi connectivity index (χ2n) is 9.14. The first-order valence-electron chi connectivity index (χ1n) is 10.7. The summed E-state index contributed by atoms with van der Waals surface area (Å²) >= 11 is 6.43. The Morgan fingerprint density at radius 3 is 2.53 bits per heavy atom. The molecule has 0 radical (unpaired) electrons. The first-order chi connectivity index (χ1) is 15.9. The smallest absolute Gasteiger partial charge is 0.410 e. The fourth-order valence-corrected chi connectivity index (χ4v) is 3.90. The van der Waals surface area contributed by atoms with Crippen LogP contribution in [0.2, 0.25) is 5.02 Å². The van der Waals surface area contributed by atoms with Gasteiger partial charge in [-0.25, -0.2) is 9.48 Å². The predicted octanol–water partition coefficient (Wildman–Crippen LogP) is 4.60. The number of fused-ring (bicyclic) bond motifs is 1. The second-order valence-corrected chi connectivity index (χ2v) is 9.55. The maximum atomic E-state index is 12.4. The first-order valence-corrected chi connectivity index (χ1v) is 11.1. The molecule has 2 aromatic carbocycles. The van der Waals surface area contributed by atoms with Crippen LogP contribution in [0.15, 0.2) is 30.3 Å². The highest BCUT2D eigenvalue weighted by Gasteiger charge is 2.24. The van der Waals surface area contributed by atoms with Gasteiger partial charge < -0.3 is 19.5 Å². The zero-order chi connectivity index (χ0) is 25.2. The maximum Gasteiger partial charge on any atom is 0.410 e. The standard InChI is InChI=1S/C24H29ClN4O5/c1-24(2,3)34-23(32)28(4)13-16-9-14(7-8-18(16)25)17(12-21(30)31)15-10-19-22(20(11-15)33-6)29(5)27-26-19/h7-11,17H,12-13H2,1-6H3,(H,30,31). The number of halogens is 1. The lowest BCUT2D eigenvalue weighted by atomic mass is 9.87. The van der Waals surface area contributed by atoms with Crippen LogP contribution in [0.4, 0.5) is 4.79 Å². The fourth-order valence-electron chi connectivity index (χ4n) is 3.73. The number of rotatable bonds is 7. The number of hydrogen-bond donors (Lipinski definition) is 1. The SMILES string of the molecule is COc1cc(C(CC(=O)O)c2ccc(Cl)c(CN(C)C(=O)OC(C)(C)C)c2)cc2nnn(C)c12. The minimum atomic E-state index is -0.953. The Hall–Kier alpha value is -3.33. The van der Waals surface area contributed by atoms with E-state index in [4.69, 9.17) is 21.1 Å². The number of carboxylic acids is 1. The number of aryl methyl sites for hydroxylation is 1. The zero-order valence-corrected chi connectivity index (χ0v) is 20.9. The number of ether oxygens (including phenoxy) is 2. The molecule has 0 aliphatic rings. The predicted molar refractivity (Wildman–Crippen MR) is 128 cm³/mol. The summed E-state index contributed by atoms with van der Waals surface area (Å²) in [6, 6.07) is 8.95. The van der Waals surface area contributed by atoms with E-state index in [1.165, 1.54) is 4.90 Å². The van der Waals surface area contributed by atoms with Crippen LogP contribution in [0.3, 0.4) is 0 Å². The highest BCUT2D eigenvalue weighted by atomic mass is 35.5. The van der Waals surface area contributed by atoms with Gasteiger partial charge >= 0.3 is 12.1 Å². The van der Waals surface area contributed by atoms with E-state index in [1.54, 1.807) is 64.9 Å². The van der Waals surface area contributed by atoms with Gasteiger partial charge in [-0.15, -0.1) is 5.10 Å². The molecule has 1 heterocycles. The van der Waals surface area contributed by atoms with Crippen LogP contribution in [0.5, 0.6) is 5.75 Å². The van der Waals surface area contributed by atoms with E-state index in [-0.39, 0.29) is 13.0 Å². The summed E-state index contributed by atoms with van der Waals surface area (Å²) in [7, 11) is 4.93. The van der Waals surface area contributed by atoms with Gasteiger partial charge in [-0.05, 0) is 55.7 Å². The summed E-state index contributed by atoms with van der Waals surface area (Å²) in [5.41, 5.74) is 2.84. The third-order valence-electron chi connectivity index (χ3n) is 5.27. The van der Waals surface area contributed by atoms with Gasteiger partial charge in [-0.2, -0.15) is 0 Å². The van der Waals surface area contributed by atoms with Gasteiger partial charge in [0.2, 0.25) is 0 Å². The largest absolute Gasteiger partial charge is 0.494 e. The highest BCUT2D eigenvalue weighted by Crippen LogP contribution is 2.36. The molecule has 1 amide bonds. The molecule has 1 N–H and O–H groups in total. The Morgan fingerprint density at radius 1 is 1.21 bits per heavy atom. The summed E-state index contributed by atoms with van der Waals surface area (Å²) < 4.78 is 12.6. The number of nitrogens with zero attached hydrogens (tertiary/aromatic N) is 4. The number of aliphatic carboxylic acids is 1. The van der Waals surface area contributed by atoms with Crippen molar-refractivity contribution in [2.45, 2.75) is 45.3 Å². The number of aromatic nitrogens is 3. The van der Waals surface area contributed by atoms with Crippen molar-refractivity contribution in [2.75, 3.05) is 14.2 Å². The molecule has 3 rings (SSSR count). The van der Waals surface area contributed by atoms with Crippen LogP contribution in [0.25, 0.3) is 11.0 Å². The lowest BCUT2D eigenvalue weighted by molar-refractivity contribution is -0.137. The van der Waals surface area contributed by atoms with E-state index in [1.807, 2.05) is 12.1 Å². The molecule has 0 spiro atoms. The molecule has 0 saturated heterocycles. The van der Waals surface area contributed by atoms with E-state index in [9.17, 15) is 14.7 Å². The molecule has 0 fully saturated rings. The van der Waals surface area contributed by atoms with Crippen LogP contribution < -0.4 is 4.74 Å². The molecular weight excluding hydrogens is 460 g/mol. The summed E-state index contributed by atoms with van der Waals surface area (Å²) in [4.78, 5) is 25.6. The van der Waals surface area contributed by atoms with E-state index >= 15 is 0 Å². The molecule has 9 nitrogen and oxygen atoms in total. The second kappa shape index (κ2) is 9.89. The number of carbonyl (C=O) groups is 2. The molecule has 0 saturated carbocycles. The van der Waals surface area contributed by atoms with Gasteiger partial charge in [0.25, 0.3) is 0 Å². The first kappa shape index (κ1) is 25.3. The molecular formula is C24H29ClN4O5. The number of carbonyl (C=O) groups excluding carboxylic acids is 1. The third kappa shape index (κ3) is 5.77. The minimum absolute atomic E-state index is 0.155. The summed E-state index contributed by atoms with van der Waals surface area (Å²) in [6.07, 6.45) is -0.633. The molecule has 0 bridgehead atoms. The van der Waals surface area contributed by atoms with Crippen LogP contribution in [0.1, 0.15) is 49.8 Å². The molecule has 0 aliphatic carbocycles. The monoisotopic (exact) mass is 488 g/mol. The molecule has 1 atom stereocenters. The quantitative estimate of drug-likeness (QED) is 0.517. The average molecular weight is 489 g/mol. The minimum Gasteiger partial charge on any atom is -0.494 e. The van der Waals surface area contributed by atoms with Gasteiger partial charge in [-0.3, -0.25) is 4.79 Å². The van der Waals surface area contributed by atoms with Crippen LogP contribution in [0, 0.1) is 0 Å². The average Bonchev–Trinajstić information content (AvgIpc) is 3.12. The van der Waals surface area contributed by atoms with Crippen molar-refractivity contribution in [1.82, 2.24) is 19.9 Å². The van der Waals surface area contributed by atoms with Gasteiger partial charge in [0.1, 0.15) is 22.4 Å². The Balaban J connectivity index is 2.00.